The molecule has 2 fully saturated rings. The van der Waals surface area contributed by atoms with E-state index in [-0.39, 0.29) is 37.0 Å². The fraction of sp³-hybridized carbons (Fsp3) is 0.522. The summed E-state index contributed by atoms with van der Waals surface area (Å²) in [6.07, 6.45) is 12.3. The van der Waals surface area contributed by atoms with E-state index in [1.54, 1.807) is 6.08 Å². The van der Waals surface area contributed by atoms with Crippen molar-refractivity contribution in [2.45, 2.75) is 56.8 Å². The Morgan fingerprint density at radius 1 is 1.24 bits per heavy atom. The van der Waals surface area contributed by atoms with Crippen LogP contribution >= 0.6 is 0 Å². The summed E-state index contributed by atoms with van der Waals surface area (Å²) in [5.74, 6) is 0.0833. The number of aliphatic carboxylic acids is 1. The summed E-state index contributed by atoms with van der Waals surface area (Å²) in [6, 6.07) is 5.72. The van der Waals surface area contributed by atoms with Gasteiger partial charge in [-0.3, -0.25) is 4.79 Å². The zero-order valence-electron chi connectivity index (χ0n) is 16.5. The third-order valence-corrected chi connectivity index (χ3v) is 5.61. The van der Waals surface area contributed by atoms with Crippen molar-refractivity contribution in [3.8, 4) is 5.75 Å². The molecule has 2 N–H and O–H groups in total. The molecule has 158 valence electrons. The quantitative estimate of drug-likeness (QED) is 0.429. The highest BCUT2D eigenvalue weighted by Crippen LogP contribution is 2.45. The molecule has 2 bridgehead atoms. The van der Waals surface area contributed by atoms with Crippen LogP contribution in [0.2, 0.25) is 0 Å². The van der Waals surface area contributed by atoms with E-state index in [4.69, 9.17) is 14.6 Å². The second-order valence-corrected chi connectivity index (χ2v) is 7.74. The first kappa shape index (κ1) is 21.5. The Morgan fingerprint density at radius 3 is 2.76 bits per heavy atom. The predicted molar refractivity (Wildman–Crippen MR) is 107 cm³/mol. The Morgan fingerprint density at radius 2 is 2.00 bits per heavy atom. The molecular formula is C23H29FO5. The average molecular weight is 404 g/mol. The Hall–Kier alpha value is -2.18. The van der Waals surface area contributed by atoms with Crippen molar-refractivity contribution >= 4 is 5.97 Å². The van der Waals surface area contributed by atoms with E-state index in [2.05, 4.69) is 12.2 Å². The summed E-state index contributed by atoms with van der Waals surface area (Å²) in [4.78, 5) is 10.5. The summed E-state index contributed by atoms with van der Waals surface area (Å²) < 4.78 is 24.5. The molecule has 5 unspecified atom stereocenters. The van der Waals surface area contributed by atoms with Gasteiger partial charge in [-0.2, -0.15) is 0 Å². The van der Waals surface area contributed by atoms with E-state index in [1.807, 2.05) is 6.08 Å². The van der Waals surface area contributed by atoms with Gasteiger partial charge in [0.2, 0.25) is 0 Å². The molecule has 0 amide bonds. The average Bonchev–Trinajstić information content (AvgIpc) is 3.30. The Balaban J connectivity index is 1.46. The number of carboxylic acids is 1. The molecule has 2 aliphatic rings. The van der Waals surface area contributed by atoms with E-state index < -0.39 is 12.1 Å². The number of rotatable bonds is 11. The molecule has 5 atom stereocenters. The van der Waals surface area contributed by atoms with Crippen LogP contribution in [0.4, 0.5) is 4.39 Å². The van der Waals surface area contributed by atoms with Crippen LogP contribution in [0.1, 0.15) is 38.5 Å². The maximum atomic E-state index is 12.9. The van der Waals surface area contributed by atoms with Crippen molar-refractivity contribution in [3.63, 3.8) is 0 Å². The van der Waals surface area contributed by atoms with E-state index in [1.165, 1.54) is 24.3 Å². The summed E-state index contributed by atoms with van der Waals surface area (Å²) in [5, 5.41) is 18.9. The van der Waals surface area contributed by atoms with Gasteiger partial charge in [-0.15, -0.1) is 0 Å². The smallest absolute Gasteiger partial charge is 0.303 e. The lowest BCUT2D eigenvalue weighted by Crippen LogP contribution is -2.26. The lowest BCUT2D eigenvalue weighted by Gasteiger charge is -2.25. The van der Waals surface area contributed by atoms with E-state index in [0.717, 1.165) is 25.7 Å². The minimum atomic E-state index is -0.757. The zero-order valence-corrected chi connectivity index (χ0v) is 16.5. The highest BCUT2D eigenvalue weighted by atomic mass is 19.1. The first-order valence-corrected chi connectivity index (χ1v) is 10.3. The number of unbranched alkanes of at least 4 members (excludes halogenated alkanes) is 1. The van der Waals surface area contributed by atoms with E-state index in [9.17, 15) is 14.3 Å². The SMILES string of the molecule is O=C(O)CCC/C=C/CC1C2CCC(O2)C1/C=C/C(O)COc1ccc(F)cc1. The largest absolute Gasteiger partial charge is 0.491 e. The Kier molecular flexibility index (Phi) is 7.83. The first-order chi connectivity index (χ1) is 14.0. The molecule has 29 heavy (non-hydrogen) atoms. The molecule has 2 heterocycles. The Labute approximate surface area is 170 Å². The number of allylic oxidation sites excluding steroid dienone is 2. The summed E-state index contributed by atoms with van der Waals surface area (Å²) >= 11 is 0. The standard InChI is InChI=1S/C23H29FO5/c24-16-7-10-18(11-8-16)28-15-17(25)9-12-20-19(21-13-14-22(20)29-21)5-3-1-2-4-6-23(26)27/h1,3,7-12,17,19-22,25H,2,4-6,13-15H2,(H,26,27)/b3-1+,12-9+. The normalized spacial score (nSPS) is 27.1. The second kappa shape index (κ2) is 10.6. The number of carboxylic acid groups (broad SMARTS) is 1. The van der Waals surface area contributed by atoms with Gasteiger partial charge in [0.1, 0.15) is 24.3 Å². The van der Waals surface area contributed by atoms with Crippen LogP contribution in [0.25, 0.3) is 0 Å². The summed E-state index contributed by atoms with van der Waals surface area (Å²) in [6.45, 7) is 0.109. The molecule has 6 heteroatoms. The van der Waals surface area contributed by atoms with Crippen molar-refractivity contribution in [2.75, 3.05) is 6.61 Å². The molecule has 3 rings (SSSR count). The molecule has 0 saturated carbocycles. The van der Waals surface area contributed by atoms with Gasteiger partial charge < -0.3 is 19.7 Å². The van der Waals surface area contributed by atoms with Gasteiger partial charge in [0.05, 0.1) is 12.2 Å². The third kappa shape index (κ3) is 6.41. The third-order valence-electron chi connectivity index (χ3n) is 5.61. The topological polar surface area (TPSA) is 76.0 Å². The molecule has 0 aliphatic carbocycles. The van der Waals surface area contributed by atoms with Crippen molar-refractivity contribution < 1.29 is 28.9 Å². The highest BCUT2D eigenvalue weighted by molar-refractivity contribution is 5.66. The number of ether oxygens (including phenoxy) is 2. The van der Waals surface area contributed by atoms with Gasteiger partial charge >= 0.3 is 5.97 Å². The minimum absolute atomic E-state index is 0.109. The molecule has 0 radical (unpaired) electrons. The van der Waals surface area contributed by atoms with Gasteiger partial charge in [-0.05, 0) is 62.3 Å². The molecule has 1 aromatic rings. The fourth-order valence-corrected chi connectivity index (χ4v) is 4.15. The van der Waals surface area contributed by atoms with E-state index in [0.29, 0.717) is 18.1 Å². The van der Waals surface area contributed by atoms with Gasteiger partial charge in [-0.1, -0.05) is 24.3 Å². The van der Waals surface area contributed by atoms with Crippen LogP contribution in [0.3, 0.4) is 0 Å². The van der Waals surface area contributed by atoms with Crippen LogP contribution in [-0.2, 0) is 9.53 Å². The summed E-state index contributed by atoms with van der Waals surface area (Å²) in [5.41, 5.74) is 0. The van der Waals surface area contributed by atoms with Gasteiger partial charge in [0.25, 0.3) is 0 Å². The van der Waals surface area contributed by atoms with Crippen LogP contribution in [-0.4, -0.2) is 41.1 Å². The molecule has 1 aromatic carbocycles. The summed E-state index contributed by atoms with van der Waals surface area (Å²) in [7, 11) is 0. The van der Waals surface area contributed by atoms with Crippen molar-refractivity contribution in [2.24, 2.45) is 11.8 Å². The van der Waals surface area contributed by atoms with Crippen molar-refractivity contribution in [1.29, 1.82) is 0 Å². The number of halogens is 1. The number of aliphatic hydroxyl groups excluding tert-OH is 1. The number of hydrogen-bond acceptors (Lipinski definition) is 4. The number of aliphatic hydroxyl groups is 1. The Bertz CT molecular complexity index is 714. The predicted octanol–water partition coefficient (Wildman–Crippen LogP) is 4.12. The van der Waals surface area contributed by atoms with Crippen molar-refractivity contribution in [3.05, 3.63) is 54.4 Å². The maximum Gasteiger partial charge on any atom is 0.303 e. The number of carbonyl (C=O) groups is 1. The zero-order chi connectivity index (χ0) is 20.6. The number of fused-ring (bicyclic) bond motifs is 2. The van der Waals surface area contributed by atoms with E-state index >= 15 is 0 Å². The molecule has 5 nitrogen and oxygen atoms in total. The first-order valence-electron chi connectivity index (χ1n) is 10.3. The number of hydrogen-bond donors (Lipinski definition) is 2. The minimum Gasteiger partial charge on any atom is -0.491 e. The highest BCUT2D eigenvalue weighted by Gasteiger charge is 2.46. The van der Waals surface area contributed by atoms with Gasteiger partial charge in [-0.25, -0.2) is 4.39 Å². The van der Waals surface area contributed by atoms with Crippen LogP contribution in [0, 0.1) is 17.7 Å². The van der Waals surface area contributed by atoms with Crippen molar-refractivity contribution in [1.82, 2.24) is 0 Å². The van der Waals surface area contributed by atoms with Crippen LogP contribution in [0.15, 0.2) is 48.6 Å². The lowest BCUT2D eigenvalue weighted by atomic mass is 9.77. The van der Waals surface area contributed by atoms with Crippen LogP contribution in [0.5, 0.6) is 5.75 Å². The maximum absolute atomic E-state index is 12.9. The second-order valence-electron chi connectivity index (χ2n) is 7.74. The lowest BCUT2D eigenvalue weighted by molar-refractivity contribution is -0.137. The molecule has 0 spiro atoms. The molecule has 2 aliphatic heterocycles. The van der Waals surface area contributed by atoms with Gasteiger partial charge in [0.15, 0.2) is 0 Å². The monoisotopic (exact) mass is 404 g/mol. The molecule has 2 saturated heterocycles. The fourth-order valence-electron chi connectivity index (χ4n) is 4.15. The van der Waals surface area contributed by atoms with Gasteiger partial charge in [0, 0.05) is 12.3 Å². The molecule has 0 aromatic heterocycles. The number of benzene rings is 1. The van der Waals surface area contributed by atoms with Crippen LogP contribution < -0.4 is 4.74 Å². The molecular weight excluding hydrogens is 375 g/mol.